The highest BCUT2D eigenvalue weighted by Gasteiger charge is 2.25. The standard InChI is InChI=1S/C22H18Cl2N6O5S/c23-15-2-1-3-16(24)20(15)36-21-27-29-30(28-21)12-18(31)17(10-19(32)33)26-22(34)35-9-8-13-4-6-14(11-25)7-5-13/h1-7,17H,8-10,12H2,(H,26,34)(H,32,33). The number of nitriles is 1. The summed E-state index contributed by atoms with van der Waals surface area (Å²) in [5.74, 6) is -1.95. The average molecular weight is 549 g/mol. The van der Waals surface area contributed by atoms with Gasteiger partial charge in [0.15, 0.2) is 5.78 Å². The zero-order valence-corrected chi connectivity index (χ0v) is 20.8. The highest BCUT2D eigenvalue weighted by molar-refractivity contribution is 7.99. The number of carbonyl (C=O) groups is 3. The van der Waals surface area contributed by atoms with Gasteiger partial charge in [-0.05, 0) is 46.8 Å². The van der Waals surface area contributed by atoms with Crippen molar-refractivity contribution in [1.82, 2.24) is 25.5 Å². The molecule has 0 saturated carbocycles. The number of aliphatic carboxylic acids is 1. The average Bonchev–Trinajstić information content (AvgIpc) is 3.28. The van der Waals surface area contributed by atoms with E-state index in [4.69, 9.17) is 38.3 Å². The van der Waals surface area contributed by atoms with E-state index < -0.39 is 36.9 Å². The van der Waals surface area contributed by atoms with Gasteiger partial charge in [-0.2, -0.15) is 10.1 Å². The molecule has 0 saturated heterocycles. The van der Waals surface area contributed by atoms with Gasteiger partial charge in [0.25, 0.3) is 0 Å². The number of ether oxygens (including phenoxy) is 1. The summed E-state index contributed by atoms with van der Waals surface area (Å²) in [7, 11) is 0. The normalized spacial score (nSPS) is 11.4. The largest absolute Gasteiger partial charge is 0.481 e. The highest BCUT2D eigenvalue weighted by atomic mass is 35.5. The lowest BCUT2D eigenvalue weighted by Crippen LogP contribution is -2.44. The Morgan fingerprint density at radius 3 is 2.50 bits per heavy atom. The van der Waals surface area contributed by atoms with Gasteiger partial charge in [-0.15, -0.1) is 10.2 Å². The summed E-state index contributed by atoms with van der Waals surface area (Å²) in [6.07, 6.45) is -1.23. The monoisotopic (exact) mass is 548 g/mol. The van der Waals surface area contributed by atoms with Crippen molar-refractivity contribution < 1.29 is 24.2 Å². The Bertz CT molecular complexity index is 1270. The van der Waals surface area contributed by atoms with Crippen LogP contribution >= 0.6 is 35.0 Å². The van der Waals surface area contributed by atoms with Crippen molar-refractivity contribution in [2.75, 3.05) is 6.61 Å². The fourth-order valence-electron chi connectivity index (χ4n) is 2.87. The summed E-state index contributed by atoms with van der Waals surface area (Å²) in [5.41, 5.74) is 1.34. The van der Waals surface area contributed by atoms with Crippen LogP contribution in [0.4, 0.5) is 4.79 Å². The van der Waals surface area contributed by atoms with Crippen LogP contribution in [0.2, 0.25) is 10.0 Å². The SMILES string of the molecule is N#Cc1ccc(CCOC(=O)NC(CC(=O)O)C(=O)Cn2nnc(Sc3c(Cl)cccc3Cl)n2)cc1. The maximum absolute atomic E-state index is 12.7. The Hall–Kier alpha value is -3.66. The molecule has 186 valence electrons. The second-order valence-electron chi connectivity index (χ2n) is 7.21. The zero-order valence-electron chi connectivity index (χ0n) is 18.4. The van der Waals surface area contributed by atoms with Crippen molar-refractivity contribution in [3.8, 4) is 6.07 Å². The molecule has 1 heterocycles. The lowest BCUT2D eigenvalue weighted by molar-refractivity contribution is -0.139. The number of hydrogen-bond donors (Lipinski definition) is 2. The molecule has 0 fully saturated rings. The van der Waals surface area contributed by atoms with E-state index in [-0.39, 0.29) is 11.8 Å². The first-order valence-electron chi connectivity index (χ1n) is 10.3. The molecule has 0 aliphatic heterocycles. The molecule has 1 amide bonds. The van der Waals surface area contributed by atoms with Crippen molar-refractivity contribution in [2.45, 2.75) is 35.5 Å². The number of nitrogens with one attached hydrogen (secondary N) is 1. The molecule has 2 aromatic carbocycles. The molecule has 0 spiro atoms. The number of halogens is 2. The Morgan fingerprint density at radius 2 is 1.86 bits per heavy atom. The lowest BCUT2D eigenvalue weighted by Gasteiger charge is -2.15. The topological polar surface area (TPSA) is 160 Å². The van der Waals surface area contributed by atoms with Crippen LogP contribution in [0.5, 0.6) is 0 Å². The number of tetrazole rings is 1. The Balaban J connectivity index is 1.55. The number of ketones is 1. The first-order valence-corrected chi connectivity index (χ1v) is 11.9. The summed E-state index contributed by atoms with van der Waals surface area (Å²) < 4.78 is 5.07. The quantitative estimate of drug-likeness (QED) is 0.363. The molecular formula is C22H18Cl2N6O5S. The van der Waals surface area contributed by atoms with Gasteiger partial charge in [0.1, 0.15) is 12.6 Å². The first kappa shape index (κ1) is 26.9. The van der Waals surface area contributed by atoms with Crippen LogP contribution in [-0.2, 0) is 27.3 Å². The van der Waals surface area contributed by atoms with E-state index >= 15 is 0 Å². The molecule has 14 heteroatoms. The van der Waals surface area contributed by atoms with Gasteiger partial charge in [-0.3, -0.25) is 9.59 Å². The number of carbonyl (C=O) groups excluding carboxylic acids is 2. The van der Waals surface area contributed by atoms with Gasteiger partial charge in [0.2, 0.25) is 5.16 Å². The predicted octanol–water partition coefficient (Wildman–Crippen LogP) is 3.38. The first-order chi connectivity index (χ1) is 17.2. The van der Waals surface area contributed by atoms with E-state index in [9.17, 15) is 14.4 Å². The summed E-state index contributed by atoms with van der Waals surface area (Å²) >= 11 is 13.3. The van der Waals surface area contributed by atoms with Gasteiger partial charge in [0, 0.05) is 6.42 Å². The molecule has 3 aromatic rings. The molecule has 2 N–H and O–H groups in total. The minimum Gasteiger partial charge on any atom is -0.481 e. The van der Waals surface area contributed by atoms with Gasteiger partial charge >= 0.3 is 12.1 Å². The minimum absolute atomic E-state index is 0.0124. The van der Waals surface area contributed by atoms with E-state index in [2.05, 4.69) is 20.7 Å². The molecule has 0 radical (unpaired) electrons. The number of rotatable bonds is 11. The van der Waals surface area contributed by atoms with Crippen LogP contribution in [0.15, 0.2) is 52.5 Å². The number of aromatic nitrogens is 4. The third kappa shape index (κ3) is 7.94. The van der Waals surface area contributed by atoms with Crippen molar-refractivity contribution in [2.24, 2.45) is 0 Å². The van der Waals surface area contributed by atoms with Crippen molar-refractivity contribution >= 4 is 52.8 Å². The molecule has 0 bridgehead atoms. The van der Waals surface area contributed by atoms with Crippen LogP contribution in [0.25, 0.3) is 0 Å². The summed E-state index contributed by atoms with van der Waals surface area (Å²) in [6, 6.07) is 12.4. The molecular weight excluding hydrogens is 531 g/mol. The number of benzene rings is 2. The molecule has 36 heavy (non-hydrogen) atoms. The van der Waals surface area contributed by atoms with E-state index in [0.29, 0.717) is 26.9 Å². The third-order valence-electron chi connectivity index (χ3n) is 4.61. The number of alkyl carbamates (subject to hydrolysis) is 1. The molecule has 1 atom stereocenters. The van der Waals surface area contributed by atoms with Gasteiger partial charge in [-0.25, -0.2) is 4.79 Å². The Kier molecular flexibility index (Phi) is 9.63. The van der Waals surface area contributed by atoms with E-state index in [1.54, 1.807) is 42.5 Å². The minimum atomic E-state index is -1.37. The van der Waals surface area contributed by atoms with Gasteiger partial charge in [0.05, 0.1) is 39.6 Å². The molecule has 1 aromatic heterocycles. The molecule has 11 nitrogen and oxygen atoms in total. The van der Waals surface area contributed by atoms with Gasteiger partial charge < -0.3 is 15.2 Å². The maximum atomic E-state index is 12.7. The fourth-order valence-corrected chi connectivity index (χ4v) is 4.22. The molecule has 1 unspecified atom stereocenters. The second-order valence-corrected chi connectivity index (χ2v) is 9.00. The maximum Gasteiger partial charge on any atom is 0.407 e. The fraction of sp³-hybridized carbons (Fsp3) is 0.227. The Morgan fingerprint density at radius 1 is 1.17 bits per heavy atom. The van der Waals surface area contributed by atoms with E-state index in [0.717, 1.165) is 22.1 Å². The Labute approximate surface area is 219 Å². The van der Waals surface area contributed by atoms with E-state index in [1.165, 1.54) is 0 Å². The van der Waals surface area contributed by atoms with Crippen molar-refractivity contribution in [3.63, 3.8) is 0 Å². The zero-order chi connectivity index (χ0) is 26.1. The highest BCUT2D eigenvalue weighted by Crippen LogP contribution is 2.36. The molecule has 0 aliphatic carbocycles. The number of amides is 1. The second kappa shape index (κ2) is 12.9. The number of carboxylic acid groups (broad SMARTS) is 1. The van der Waals surface area contributed by atoms with Crippen molar-refractivity contribution in [1.29, 1.82) is 5.26 Å². The van der Waals surface area contributed by atoms with Crippen LogP contribution in [-0.4, -0.2) is 55.8 Å². The summed E-state index contributed by atoms with van der Waals surface area (Å²) in [4.78, 5) is 37.5. The van der Waals surface area contributed by atoms with Crippen molar-refractivity contribution in [3.05, 3.63) is 63.6 Å². The van der Waals surface area contributed by atoms with Crippen LogP contribution in [0.1, 0.15) is 17.5 Å². The van der Waals surface area contributed by atoms with Crippen LogP contribution in [0, 0.1) is 11.3 Å². The van der Waals surface area contributed by atoms with Crippen LogP contribution < -0.4 is 5.32 Å². The number of Topliss-reactive ketones (excluding diaryl/α,β-unsaturated/α-hetero) is 1. The predicted molar refractivity (Wildman–Crippen MR) is 129 cm³/mol. The van der Waals surface area contributed by atoms with E-state index in [1.807, 2.05) is 6.07 Å². The lowest BCUT2D eigenvalue weighted by atomic mass is 10.1. The molecule has 0 aliphatic rings. The molecule has 3 rings (SSSR count). The van der Waals surface area contributed by atoms with Gasteiger partial charge in [-0.1, -0.05) is 41.4 Å². The number of carboxylic acids is 1. The smallest absolute Gasteiger partial charge is 0.407 e. The summed E-state index contributed by atoms with van der Waals surface area (Å²) in [6.45, 7) is -0.450. The number of hydrogen-bond acceptors (Lipinski definition) is 9. The van der Waals surface area contributed by atoms with Crippen LogP contribution in [0.3, 0.4) is 0 Å². The summed E-state index contributed by atoms with van der Waals surface area (Å²) in [5, 5.41) is 32.9. The third-order valence-corrected chi connectivity index (χ3v) is 6.45. The number of nitrogens with zero attached hydrogens (tertiary/aromatic N) is 5.